The van der Waals surface area contributed by atoms with Crippen LogP contribution >= 0.6 is 11.3 Å². The molecular formula is C12H12N4O4S. The molecule has 0 aliphatic carbocycles. The van der Waals surface area contributed by atoms with Gasteiger partial charge < -0.3 is 15.8 Å². The molecule has 9 heteroatoms. The van der Waals surface area contributed by atoms with Gasteiger partial charge in [0.15, 0.2) is 5.13 Å². The summed E-state index contributed by atoms with van der Waals surface area (Å²) in [6.45, 7) is 1.64. The fourth-order valence-electron chi connectivity index (χ4n) is 1.70. The van der Waals surface area contributed by atoms with Gasteiger partial charge in [-0.2, -0.15) is 0 Å². The Morgan fingerprint density at radius 2 is 2.24 bits per heavy atom. The average Bonchev–Trinajstić information content (AvgIpc) is 2.78. The summed E-state index contributed by atoms with van der Waals surface area (Å²) < 4.78 is 4.93. The molecular weight excluding hydrogens is 296 g/mol. The van der Waals surface area contributed by atoms with Crippen LogP contribution in [0.2, 0.25) is 0 Å². The highest BCUT2D eigenvalue weighted by atomic mass is 32.1. The molecule has 0 aliphatic rings. The van der Waals surface area contributed by atoms with Crippen molar-refractivity contribution in [3.63, 3.8) is 0 Å². The number of nitrogens with zero attached hydrogens (tertiary/aromatic N) is 2. The van der Waals surface area contributed by atoms with Gasteiger partial charge in [-0.3, -0.25) is 14.9 Å². The predicted octanol–water partition coefficient (Wildman–Crippen LogP) is 2.20. The molecule has 0 saturated heterocycles. The number of anilines is 2. The number of aryl methyl sites for hydroxylation is 1. The van der Waals surface area contributed by atoms with E-state index in [4.69, 9.17) is 10.5 Å². The van der Waals surface area contributed by atoms with Gasteiger partial charge in [0.05, 0.1) is 23.8 Å². The van der Waals surface area contributed by atoms with E-state index in [1.54, 1.807) is 6.92 Å². The Morgan fingerprint density at radius 3 is 2.76 bits per heavy atom. The van der Waals surface area contributed by atoms with Gasteiger partial charge >= 0.3 is 0 Å². The summed E-state index contributed by atoms with van der Waals surface area (Å²) >= 11 is 1.02. The van der Waals surface area contributed by atoms with Crippen LogP contribution in [0.4, 0.5) is 16.5 Å². The number of aromatic nitrogens is 1. The van der Waals surface area contributed by atoms with Crippen LogP contribution in [0.15, 0.2) is 18.2 Å². The summed E-state index contributed by atoms with van der Waals surface area (Å²) in [7, 11) is 1.40. The van der Waals surface area contributed by atoms with Crippen LogP contribution < -0.4 is 15.8 Å². The first-order valence-corrected chi connectivity index (χ1v) is 6.60. The summed E-state index contributed by atoms with van der Waals surface area (Å²) in [4.78, 5) is 26.8. The molecule has 1 amide bonds. The first kappa shape index (κ1) is 14.7. The van der Waals surface area contributed by atoms with Crippen molar-refractivity contribution in [2.75, 3.05) is 18.2 Å². The number of thiazole rings is 1. The minimum absolute atomic E-state index is 0.0807. The fraction of sp³-hybridized carbons (Fsp3) is 0.167. The van der Waals surface area contributed by atoms with Crippen LogP contribution in [-0.2, 0) is 0 Å². The molecule has 0 fully saturated rings. The normalized spacial score (nSPS) is 10.2. The smallest absolute Gasteiger partial charge is 0.296 e. The summed E-state index contributed by atoms with van der Waals surface area (Å²) in [6.07, 6.45) is 0. The molecule has 0 bridgehead atoms. The number of nitro groups is 1. The molecule has 1 heterocycles. The van der Waals surface area contributed by atoms with Gasteiger partial charge in [0.1, 0.15) is 16.3 Å². The van der Waals surface area contributed by atoms with Crippen LogP contribution in [0, 0.1) is 17.0 Å². The second kappa shape index (κ2) is 5.75. The zero-order valence-electron chi connectivity index (χ0n) is 11.2. The van der Waals surface area contributed by atoms with Gasteiger partial charge in [-0.15, -0.1) is 0 Å². The van der Waals surface area contributed by atoms with E-state index in [0.717, 1.165) is 11.3 Å². The number of amides is 1. The number of ether oxygens (including phenoxy) is 1. The summed E-state index contributed by atoms with van der Waals surface area (Å²) in [6, 6.07) is 4.18. The Hall–Kier alpha value is -2.68. The monoisotopic (exact) mass is 308 g/mol. The van der Waals surface area contributed by atoms with Crippen LogP contribution in [0.3, 0.4) is 0 Å². The van der Waals surface area contributed by atoms with E-state index >= 15 is 0 Å². The minimum Gasteiger partial charge on any atom is -0.496 e. The minimum atomic E-state index is -0.591. The van der Waals surface area contributed by atoms with Crippen LogP contribution in [0.25, 0.3) is 0 Å². The summed E-state index contributed by atoms with van der Waals surface area (Å²) in [5.74, 6) is -0.159. The lowest BCUT2D eigenvalue weighted by Crippen LogP contribution is -2.13. The number of hydrogen-bond acceptors (Lipinski definition) is 7. The maximum Gasteiger partial charge on any atom is 0.296 e. The van der Waals surface area contributed by atoms with Crippen molar-refractivity contribution < 1.29 is 14.5 Å². The van der Waals surface area contributed by atoms with E-state index in [1.165, 1.54) is 25.3 Å². The van der Waals surface area contributed by atoms with E-state index in [1.807, 2.05) is 0 Å². The van der Waals surface area contributed by atoms with E-state index in [0.29, 0.717) is 16.3 Å². The lowest BCUT2D eigenvalue weighted by atomic mass is 10.2. The van der Waals surface area contributed by atoms with Crippen molar-refractivity contribution in [3.8, 4) is 5.75 Å². The molecule has 0 radical (unpaired) electrons. The maximum absolute atomic E-state index is 12.1. The highest BCUT2D eigenvalue weighted by Crippen LogP contribution is 2.30. The van der Waals surface area contributed by atoms with Crippen molar-refractivity contribution in [1.82, 2.24) is 4.98 Å². The van der Waals surface area contributed by atoms with Crippen molar-refractivity contribution in [3.05, 3.63) is 38.9 Å². The Labute approximate surface area is 123 Å². The number of carbonyl (C=O) groups excluding carboxylic acids is 1. The number of nitro benzene ring substituents is 1. The molecule has 1 aromatic heterocycles. The Kier molecular flexibility index (Phi) is 4.03. The number of benzene rings is 1. The molecule has 0 unspecified atom stereocenters. The molecule has 0 aliphatic heterocycles. The SMILES string of the molecule is COc1ccc(NC(=O)c2sc(N)nc2C)c([N+](=O)[O-])c1. The Balaban J connectivity index is 2.33. The highest BCUT2D eigenvalue weighted by Gasteiger charge is 2.20. The lowest BCUT2D eigenvalue weighted by molar-refractivity contribution is -0.384. The van der Waals surface area contributed by atoms with Crippen molar-refractivity contribution >= 4 is 33.8 Å². The van der Waals surface area contributed by atoms with Crippen LogP contribution in [0.1, 0.15) is 15.4 Å². The number of methoxy groups -OCH3 is 1. The third kappa shape index (κ3) is 3.08. The van der Waals surface area contributed by atoms with E-state index in [9.17, 15) is 14.9 Å². The molecule has 8 nitrogen and oxygen atoms in total. The van der Waals surface area contributed by atoms with Crippen molar-refractivity contribution in [2.24, 2.45) is 0 Å². The molecule has 3 N–H and O–H groups in total. The quantitative estimate of drug-likeness (QED) is 0.660. The zero-order chi connectivity index (χ0) is 15.6. The number of carbonyl (C=O) groups is 1. The van der Waals surface area contributed by atoms with Crippen LogP contribution in [0.5, 0.6) is 5.75 Å². The molecule has 0 saturated carbocycles. The lowest BCUT2D eigenvalue weighted by Gasteiger charge is -2.06. The highest BCUT2D eigenvalue weighted by molar-refractivity contribution is 7.17. The second-order valence-corrected chi connectivity index (χ2v) is 5.09. The molecule has 2 rings (SSSR count). The van der Waals surface area contributed by atoms with E-state index < -0.39 is 10.8 Å². The summed E-state index contributed by atoms with van der Waals surface area (Å²) in [5, 5.41) is 13.8. The topological polar surface area (TPSA) is 120 Å². The molecule has 0 atom stereocenters. The second-order valence-electron chi connectivity index (χ2n) is 4.06. The average molecular weight is 308 g/mol. The van der Waals surface area contributed by atoms with Gasteiger partial charge in [-0.25, -0.2) is 4.98 Å². The summed E-state index contributed by atoms with van der Waals surface area (Å²) in [5.41, 5.74) is 5.84. The molecule has 110 valence electrons. The van der Waals surface area contributed by atoms with Gasteiger partial charge in [0, 0.05) is 0 Å². The van der Waals surface area contributed by atoms with E-state index in [-0.39, 0.29) is 16.5 Å². The first-order chi connectivity index (χ1) is 9.92. The van der Waals surface area contributed by atoms with Crippen LogP contribution in [-0.4, -0.2) is 22.9 Å². The number of nitrogens with one attached hydrogen (secondary N) is 1. The maximum atomic E-state index is 12.1. The number of nitrogens with two attached hydrogens (primary N) is 1. The van der Waals surface area contributed by atoms with Gasteiger partial charge in [-0.1, -0.05) is 11.3 Å². The molecule has 0 spiro atoms. The van der Waals surface area contributed by atoms with Crippen molar-refractivity contribution in [2.45, 2.75) is 6.92 Å². The molecule has 21 heavy (non-hydrogen) atoms. The largest absolute Gasteiger partial charge is 0.496 e. The van der Waals surface area contributed by atoms with Gasteiger partial charge in [0.25, 0.3) is 11.6 Å². The Bertz CT molecular complexity index is 713. The standard InChI is InChI=1S/C12H12N4O4S/c1-6-10(21-12(13)14-6)11(17)15-8-4-3-7(20-2)5-9(8)16(18)19/h3-5H,1-2H3,(H2,13,14)(H,15,17). The molecule has 1 aromatic carbocycles. The zero-order valence-corrected chi connectivity index (χ0v) is 12.1. The van der Waals surface area contributed by atoms with Gasteiger partial charge in [-0.05, 0) is 19.1 Å². The third-order valence-electron chi connectivity index (χ3n) is 2.67. The van der Waals surface area contributed by atoms with Crippen molar-refractivity contribution in [1.29, 1.82) is 0 Å². The van der Waals surface area contributed by atoms with Gasteiger partial charge in [0.2, 0.25) is 0 Å². The molecule has 2 aromatic rings. The predicted molar refractivity (Wildman–Crippen MR) is 78.9 cm³/mol. The third-order valence-corrected chi connectivity index (χ3v) is 3.65. The number of rotatable bonds is 4. The van der Waals surface area contributed by atoms with E-state index in [2.05, 4.69) is 10.3 Å². The Morgan fingerprint density at radius 1 is 1.52 bits per heavy atom. The number of nitrogen functional groups attached to an aromatic ring is 1. The fourth-order valence-corrected chi connectivity index (χ4v) is 2.43. The first-order valence-electron chi connectivity index (χ1n) is 5.79. The number of hydrogen-bond donors (Lipinski definition) is 2.